The summed E-state index contributed by atoms with van der Waals surface area (Å²) in [4.78, 5) is 12.1. The Labute approximate surface area is 135 Å². The molecule has 0 aliphatic rings. The van der Waals surface area contributed by atoms with Gasteiger partial charge in [0.05, 0.1) is 5.69 Å². The fourth-order valence-electron chi connectivity index (χ4n) is 1.87. The molecular weight excluding hydrogens is 356 g/mol. The molecule has 0 atom stereocenters. The Hall–Kier alpha value is -1.67. The number of nitrogens with zero attached hydrogens (tertiary/aromatic N) is 2. The number of aryl methyl sites for hydroxylation is 1. The zero-order chi connectivity index (χ0) is 15.4. The maximum atomic E-state index is 12.1. The highest BCUT2D eigenvalue weighted by Crippen LogP contribution is 2.26. The van der Waals surface area contributed by atoms with Crippen molar-refractivity contribution < 1.29 is 9.90 Å². The van der Waals surface area contributed by atoms with Gasteiger partial charge in [0.25, 0.3) is 0 Å². The van der Waals surface area contributed by atoms with Crippen LogP contribution >= 0.6 is 28.1 Å². The molecule has 112 valence electrons. The maximum absolute atomic E-state index is 12.1. The maximum Gasteiger partial charge on any atom is 0.244 e. The lowest BCUT2D eigenvalue weighted by Crippen LogP contribution is -2.20. The Morgan fingerprint density at radius 3 is 3.05 bits per heavy atom. The van der Waals surface area contributed by atoms with Crippen molar-refractivity contribution >= 4 is 39.7 Å². The fourth-order valence-corrected chi connectivity index (χ4v) is 2.45. The number of carbonyl (C=O) groups excluding carboxylic acids is 1. The summed E-state index contributed by atoms with van der Waals surface area (Å²) in [5.74, 6) is 0.477. The van der Waals surface area contributed by atoms with Gasteiger partial charge in [-0.25, -0.2) is 0 Å². The normalized spacial score (nSPS) is 10.6. The summed E-state index contributed by atoms with van der Waals surface area (Å²) in [5, 5.41) is 19.2. The van der Waals surface area contributed by atoms with Gasteiger partial charge in [0.15, 0.2) is 4.77 Å². The number of amides is 1. The van der Waals surface area contributed by atoms with Crippen molar-refractivity contribution in [2.75, 3.05) is 5.32 Å². The van der Waals surface area contributed by atoms with Crippen molar-refractivity contribution in [1.82, 2.24) is 14.8 Å². The van der Waals surface area contributed by atoms with Crippen LogP contribution in [-0.4, -0.2) is 25.8 Å². The summed E-state index contributed by atoms with van der Waals surface area (Å²) in [5.41, 5.74) is 0.349. The summed E-state index contributed by atoms with van der Waals surface area (Å²) in [6.45, 7) is 2.08. The number of anilines is 1. The summed E-state index contributed by atoms with van der Waals surface area (Å²) in [7, 11) is 0. The van der Waals surface area contributed by atoms with Gasteiger partial charge in [0.1, 0.15) is 18.1 Å². The number of nitrogens with one attached hydrogen (secondary N) is 2. The Bertz CT molecular complexity index is 710. The molecule has 0 bridgehead atoms. The summed E-state index contributed by atoms with van der Waals surface area (Å²) >= 11 is 8.42. The molecule has 0 spiro atoms. The third-order valence-electron chi connectivity index (χ3n) is 2.85. The van der Waals surface area contributed by atoms with Crippen LogP contribution in [0.1, 0.15) is 19.2 Å². The van der Waals surface area contributed by atoms with Crippen LogP contribution in [0.3, 0.4) is 0 Å². The van der Waals surface area contributed by atoms with Gasteiger partial charge in [0.2, 0.25) is 5.91 Å². The molecule has 1 amide bonds. The number of hydrogen-bond acceptors (Lipinski definition) is 4. The first-order chi connectivity index (χ1) is 10.0. The topological polar surface area (TPSA) is 82.9 Å². The number of rotatable bonds is 5. The molecule has 8 heteroatoms. The first-order valence-corrected chi connectivity index (χ1v) is 7.63. The van der Waals surface area contributed by atoms with Crippen molar-refractivity contribution in [3.63, 3.8) is 0 Å². The number of halogens is 1. The van der Waals surface area contributed by atoms with Gasteiger partial charge in [-0.15, -0.1) is 0 Å². The van der Waals surface area contributed by atoms with Crippen molar-refractivity contribution in [1.29, 1.82) is 0 Å². The number of aromatic nitrogens is 3. The Balaban J connectivity index is 2.13. The van der Waals surface area contributed by atoms with Gasteiger partial charge >= 0.3 is 0 Å². The number of carbonyl (C=O) groups is 1. The second-order valence-corrected chi connectivity index (χ2v) is 5.79. The molecule has 1 aromatic carbocycles. The van der Waals surface area contributed by atoms with E-state index >= 15 is 0 Å². The third-order valence-corrected chi connectivity index (χ3v) is 3.65. The highest BCUT2D eigenvalue weighted by Gasteiger charge is 2.12. The van der Waals surface area contributed by atoms with Gasteiger partial charge in [-0.2, -0.15) is 5.10 Å². The van der Waals surface area contributed by atoms with Gasteiger partial charge in [-0.05, 0) is 36.8 Å². The van der Waals surface area contributed by atoms with E-state index in [1.54, 1.807) is 16.7 Å². The van der Waals surface area contributed by atoms with Crippen molar-refractivity contribution in [2.45, 2.75) is 26.3 Å². The SMILES string of the molecule is CCCc1n[nH]c(=S)n1CC(=O)Nc1cc(Br)ccc1O. The number of phenolic OH excluding ortho intramolecular Hbond substituents is 1. The Morgan fingerprint density at radius 1 is 1.57 bits per heavy atom. The summed E-state index contributed by atoms with van der Waals surface area (Å²) in [6.07, 6.45) is 1.65. The largest absolute Gasteiger partial charge is 0.506 e. The van der Waals surface area contributed by atoms with Crippen molar-refractivity contribution in [2.24, 2.45) is 0 Å². The second kappa shape index (κ2) is 6.86. The van der Waals surface area contributed by atoms with Crippen LogP contribution in [0, 0.1) is 4.77 Å². The molecule has 2 aromatic rings. The number of hydrogen-bond donors (Lipinski definition) is 3. The third kappa shape index (κ3) is 3.92. The molecule has 6 nitrogen and oxygen atoms in total. The molecule has 0 saturated heterocycles. The minimum atomic E-state index is -0.279. The molecule has 0 fully saturated rings. The van der Waals surface area contributed by atoms with E-state index in [1.165, 1.54) is 6.07 Å². The predicted octanol–water partition coefficient (Wildman–Crippen LogP) is 3.00. The van der Waals surface area contributed by atoms with Crippen LogP contribution in [0.4, 0.5) is 5.69 Å². The van der Waals surface area contributed by atoms with Crippen LogP contribution in [0.5, 0.6) is 5.75 Å². The van der Waals surface area contributed by atoms with E-state index in [0.29, 0.717) is 10.5 Å². The van der Waals surface area contributed by atoms with Crippen molar-refractivity contribution in [3.8, 4) is 5.75 Å². The molecule has 3 N–H and O–H groups in total. The summed E-state index contributed by atoms with van der Waals surface area (Å²) < 4.78 is 2.83. The highest BCUT2D eigenvalue weighted by molar-refractivity contribution is 9.10. The van der Waals surface area contributed by atoms with Gasteiger partial charge < -0.3 is 10.4 Å². The van der Waals surface area contributed by atoms with Crippen LogP contribution in [0.25, 0.3) is 0 Å². The van der Waals surface area contributed by atoms with E-state index in [4.69, 9.17) is 12.2 Å². The van der Waals surface area contributed by atoms with E-state index in [2.05, 4.69) is 31.4 Å². The lowest BCUT2D eigenvalue weighted by molar-refractivity contribution is -0.116. The number of aromatic hydroxyl groups is 1. The van der Waals surface area contributed by atoms with E-state index in [1.807, 2.05) is 6.92 Å². The van der Waals surface area contributed by atoms with E-state index < -0.39 is 0 Å². The average molecular weight is 371 g/mol. The smallest absolute Gasteiger partial charge is 0.244 e. The van der Waals surface area contributed by atoms with Gasteiger partial charge in [-0.1, -0.05) is 22.9 Å². The molecule has 0 radical (unpaired) electrons. The van der Waals surface area contributed by atoms with Crippen LogP contribution in [0.15, 0.2) is 22.7 Å². The molecular formula is C13H15BrN4O2S. The molecule has 0 aliphatic heterocycles. The van der Waals surface area contributed by atoms with Gasteiger partial charge in [0, 0.05) is 10.9 Å². The average Bonchev–Trinajstić information content (AvgIpc) is 2.76. The van der Waals surface area contributed by atoms with Crippen molar-refractivity contribution in [3.05, 3.63) is 33.3 Å². The number of H-pyrrole nitrogens is 1. The van der Waals surface area contributed by atoms with Crippen LogP contribution in [-0.2, 0) is 17.8 Å². The van der Waals surface area contributed by atoms with Gasteiger partial charge in [-0.3, -0.25) is 14.5 Å². The quantitative estimate of drug-likeness (QED) is 0.557. The standard InChI is InChI=1S/C13H15BrN4O2S/c1-2-3-11-16-17-13(21)18(11)7-12(20)15-9-6-8(14)4-5-10(9)19/h4-6,19H,2-3,7H2,1H3,(H,15,20)(H,17,21). The van der Waals surface area contributed by atoms with E-state index in [9.17, 15) is 9.90 Å². The molecule has 0 aliphatic carbocycles. The first kappa shape index (κ1) is 15.7. The zero-order valence-electron chi connectivity index (χ0n) is 11.4. The Morgan fingerprint density at radius 2 is 2.33 bits per heavy atom. The molecule has 2 rings (SSSR count). The monoisotopic (exact) mass is 370 g/mol. The fraction of sp³-hybridized carbons (Fsp3) is 0.308. The lowest BCUT2D eigenvalue weighted by atomic mass is 10.3. The Kier molecular flexibility index (Phi) is 5.13. The number of benzene rings is 1. The number of aromatic amines is 1. The molecule has 0 unspecified atom stereocenters. The van der Waals surface area contributed by atoms with Crippen LogP contribution in [0.2, 0.25) is 0 Å². The lowest BCUT2D eigenvalue weighted by Gasteiger charge is -2.09. The molecule has 0 saturated carbocycles. The minimum absolute atomic E-state index is 0.0103. The first-order valence-electron chi connectivity index (χ1n) is 6.43. The second-order valence-electron chi connectivity index (χ2n) is 4.49. The highest BCUT2D eigenvalue weighted by atomic mass is 79.9. The molecule has 1 heterocycles. The van der Waals surface area contributed by atoms with E-state index in [0.717, 1.165) is 23.1 Å². The predicted molar refractivity (Wildman–Crippen MR) is 85.8 cm³/mol. The van der Waals surface area contributed by atoms with E-state index in [-0.39, 0.29) is 18.2 Å². The zero-order valence-corrected chi connectivity index (χ0v) is 13.8. The molecule has 21 heavy (non-hydrogen) atoms. The minimum Gasteiger partial charge on any atom is -0.506 e. The van der Waals surface area contributed by atoms with Crippen LogP contribution < -0.4 is 5.32 Å². The molecule has 1 aromatic heterocycles. The summed E-state index contributed by atoms with van der Waals surface area (Å²) in [6, 6.07) is 4.83. The number of phenols is 1.